The molecule has 1 amide bonds. The minimum absolute atomic E-state index is 0.118. The zero-order valence-electron chi connectivity index (χ0n) is 14.0. The lowest BCUT2D eigenvalue weighted by Crippen LogP contribution is -2.24. The first kappa shape index (κ1) is 16.1. The fourth-order valence-corrected chi connectivity index (χ4v) is 2.74. The molecule has 1 aromatic heterocycles. The second-order valence-electron chi connectivity index (χ2n) is 5.58. The third kappa shape index (κ3) is 3.25. The number of hydrogen-bond donors (Lipinski definition) is 1. The van der Waals surface area contributed by atoms with Crippen LogP contribution in [0.4, 0.5) is 0 Å². The molecule has 2 aromatic carbocycles. The lowest BCUT2D eigenvalue weighted by molar-refractivity contribution is 0.0949. The maximum atomic E-state index is 12.3. The molecule has 0 bridgehead atoms. The Bertz CT molecular complexity index is 837. The van der Waals surface area contributed by atoms with Crippen LogP contribution < -0.4 is 10.1 Å². The molecule has 0 saturated carbocycles. The van der Waals surface area contributed by atoms with Crippen molar-refractivity contribution in [3.05, 3.63) is 59.9 Å². The number of carbonyl (C=O) groups excluding carboxylic acids is 1. The standard InChI is InChI=1S/C19H21N3O2/c1-3-12-22-17-7-5-4-6-16(17)21-18(22)13-20-19(23)14-8-10-15(24-2)11-9-14/h4-11H,3,12-13H2,1-2H3,(H,20,23). The molecule has 3 rings (SSSR count). The van der Waals surface area contributed by atoms with Crippen LogP contribution in [0.1, 0.15) is 29.5 Å². The molecule has 1 heterocycles. The number of amides is 1. The minimum Gasteiger partial charge on any atom is -0.497 e. The Kier molecular flexibility index (Phi) is 4.79. The van der Waals surface area contributed by atoms with Crippen molar-refractivity contribution in [3.63, 3.8) is 0 Å². The number of rotatable bonds is 6. The van der Waals surface area contributed by atoms with Gasteiger partial charge in [0, 0.05) is 12.1 Å². The molecule has 0 saturated heterocycles. The van der Waals surface area contributed by atoms with E-state index >= 15 is 0 Å². The van der Waals surface area contributed by atoms with E-state index in [1.54, 1.807) is 31.4 Å². The molecule has 0 aliphatic heterocycles. The number of ether oxygens (including phenoxy) is 1. The van der Waals surface area contributed by atoms with Gasteiger partial charge in [-0.1, -0.05) is 19.1 Å². The monoisotopic (exact) mass is 323 g/mol. The van der Waals surface area contributed by atoms with Crippen molar-refractivity contribution in [1.82, 2.24) is 14.9 Å². The van der Waals surface area contributed by atoms with Crippen LogP contribution in [0.2, 0.25) is 0 Å². The number of aryl methyl sites for hydroxylation is 1. The van der Waals surface area contributed by atoms with E-state index in [2.05, 4.69) is 27.9 Å². The van der Waals surface area contributed by atoms with E-state index in [0.717, 1.165) is 35.6 Å². The Morgan fingerprint density at radius 1 is 1.17 bits per heavy atom. The zero-order valence-corrected chi connectivity index (χ0v) is 14.0. The zero-order chi connectivity index (χ0) is 16.9. The van der Waals surface area contributed by atoms with Gasteiger partial charge in [0.1, 0.15) is 11.6 Å². The lowest BCUT2D eigenvalue weighted by Gasteiger charge is -2.09. The predicted molar refractivity (Wildman–Crippen MR) is 94.2 cm³/mol. The Balaban J connectivity index is 1.76. The van der Waals surface area contributed by atoms with E-state index in [0.29, 0.717) is 12.1 Å². The van der Waals surface area contributed by atoms with Crippen LogP contribution in [0.15, 0.2) is 48.5 Å². The number of methoxy groups -OCH3 is 1. The molecule has 3 aromatic rings. The van der Waals surface area contributed by atoms with E-state index in [-0.39, 0.29) is 5.91 Å². The first-order valence-corrected chi connectivity index (χ1v) is 8.09. The number of aromatic nitrogens is 2. The van der Waals surface area contributed by atoms with E-state index in [9.17, 15) is 4.79 Å². The van der Waals surface area contributed by atoms with Crippen molar-refractivity contribution in [2.45, 2.75) is 26.4 Å². The van der Waals surface area contributed by atoms with Crippen molar-refractivity contribution in [2.75, 3.05) is 7.11 Å². The average Bonchev–Trinajstić information content (AvgIpc) is 2.98. The Labute approximate surface area is 141 Å². The van der Waals surface area contributed by atoms with Gasteiger partial charge in [-0.15, -0.1) is 0 Å². The summed E-state index contributed by atoms with van der Waals surface area (Å²) in [5, 5.41) is 2.95. The third-order valence-electron chi connectivity index (χ3n) is 3.94. The van der Waals surface area contributed by atoms with Crippen LogP contribution in [0.25, 0.3) is 11.0 Å². The van der Waals surface area contributed by atoms with Crippen LogP contribution >= 0.6 is 0 Å². The number of nitrogens with zero attached hydrogens (tertiary/aromatic N) is 2. The molecule has 24 heavy (non-hydrogen) atoms. The molecule has 124 valence electrons. The van der Waals surface area contributed by atoms with Crippen LogP contribution in [0.5, 0.6) is 5.75 Å². The molecule has 0 radical (unpaired) electrons. The van der Waals surface area contributed by atoms with E-state index in [1.165, 1.54) is 0 Å². The van der Waals surface area contributed by atoms with Gasteiger partial charge in [-0.05, 0) is 42.8 Å². The normalized spacial score (nSPS) is 10.8. The summed E-state index contributed by atoms with van der Waals surface area (Å²) in [6.07, 6.45) is 1.01. The van der Waals surface area contributed by atoms with Gasteiger partial charge in [-0.3, -0.25) is 4.79 Å². The van der Waals surface area contributed by atoms with Gasteiger partial charge in [-0.2, -0.15) is 0 Å². The van der Waals surface area contributed by atoms with Crippen molar-refractivity contribution < 1.29 is 9.53 Å². The smallest absolute Gasteiger partial charge is 0.251 e. The Morgan fingerprint density at radius 2 is 1.92 bits per heavy atom. The summed E-state index contributed by atoms with van der Waals surface area (Å²) in [4.78, 5) is 17.0. The van der Waals surface area contributed by atoms with Gasteiger partial charge in [0.2, 0.25) is 0 Å². The summed E-state index contributed by atoms with van der Waals surface area (Å²) in [5.41, 5.74) is 2.67. The van der Waals surface area contributed by atoms with Crippen molar-refractivity contribution in [3.8, 4) is 5.75 Å². The van der Waals surface area contributed by atoms with Gasteiger partial charge >= 0.3 is 0 Å². The molecule has 0 unspecified atom stereocenters. The number of carbonyl (C=O) groups is 1. The summed E-state index contributed by atoms with van der Waals surface area (Å²) in [6, 6.07) is 15.1. The lowest BCUT2D eigenvalue weighted by atomic mass is 10.2. The topological polar surface area (TPSA) is 56.2 Å². The fraction of sp³-hybridized carbons (Fsp3) is 0.263. The van der Waals surface area contributed by atoms with Gasteiger partial charge in [0.05, 0.1) is 24.7 Å². The summed E-state index contributed by atoms with van der Waals surface area (Å²) < 4.78 is 7.28. The number of nitrogens with one attached hydrogen (secondary N) is 1. The second-order valence-corrected chi connectivity index (χ2v) is 5.58. The first-order chi connectivity index (χ1) is 11.7. The van der Waals surface area contributed by atoms with Gasteiger partial charge < -0.3 is 14.6 Å². The average molecular weight is 323 g/mol. The maximum absolute atomic E-state index is 12.3. The van der Waals surface area contributed by atoms with Crippen LogP contribution in [-0.4, -0.2) is 22.6 Å². The summed E-state index contributed by atoms with van der Waals surface area (Å²) in [6.45, 7) is 3.42. The molecule has 5 heteroatoms. The molecule has 0 spiro atoms. The molecule has 0 fully saturated rings. The predicted octanol–water partition coefficient (Wildman–Crippen LogP) is 3.38. The highest BCUT2D eigenvalue weighted by Crippen LogP contribution is 2.17. The molecule has 5 nitrogen and oxygen atoms in total. The summed E-state index contributed by atoms with van der Waals surface area (Å²) in [7, 11) is 1.60. The van der Waals surface area contributed by atoms with E-state index in [4.69, 9.17) is 4.74 Å². The highest BCUT2D eigenvalue weighted by Gasteiger charge is 2.12. The van der Waals surface area contributed by atoms with E-state index < -0.39 is 0 Å². The second kappa shape index (κ2) is 7.17. The summed E-state index contributed by atoms with van der Waals surface area (Å²) in [5.74, 6) is 1.49. The van der Waals surface area contributed by atoms with Gasteiger partial charge in [0.15, 0.2) is 0 Å². The highest BCUT2D eigenvalue weighted by molar-refractivity contribution is 5.94. The van der Waals surface area contributed by atoms with Crippen molar-refractivity contribution in [1.29, 1.82) is 0 Å². The first-order valence-electron chi connectivity index (χ1n) is 8.09. The molecular weight excluding hydrogens is 302 g/mol. The number of benzene rings is 2. The molecule has 0 aliphatic carbocycles. The minimum atomic E-state index is -0.118. The van der Waals surface area contributed by atoms with Crippen molar-refractivity contribution in [2.24, 2.45) is 0 Å². The SMILES string of the molecule is CCCn1c(CNC(=O)c2ccc(OC)cc2)nc2ccccc21. The highest BCUT2D eigenvalue weighted by atomic mass is 16.5. The molecule has 1 N–H and O–H groups in total. The van der Waals surface area contributed by atoms with Gasteiger partial charge in [-0.25, -0.2) is 4.98 Å². The van der Waals surface area contributed by atoms with Gasteiger partial charge in [0.25, 0.3) is 5.91 Å². The fourth-order valence-electron chi connectivity index (χ4n) is 2.74. The number of para-hydroxylation sites is 2. The Morgan fingerprint density at radius 3 is 2.62 bits per heavy atom. The number of fused-ring (bicyclic) bond motifs is 1. The number of imidazole rings is 1. The molecule has 0 aliphatic rings. The maximum Gasteiger partial charge on any atom is 0.251 e. The van der Waals surface area contributed by atoms with Crippen LogP contribution in [-0.2, 0) is 13.1 Å². The van der Waals surface area contributed by atoms with Crippen molar-refractivity contribution >= 4 is 16.9 Å². The largest absolute Gasteiger partial charge is 0.497 e. The summed E-state index contributed by atoms with van der Waals surface area (Å²) >= 11 is 0. The van der Waals surface area contributed by atoms with Crippen LogP contribution in [0.3, 0.4) is 0 Å². The number of hydrogen-bond acceptors (Lipinski definition) is 3. The quantitative estimate of drug-likeness (QED) is 0.756. The van der Waals surface area contributed by atoms with Crippen LogP contribution in [0, 0.1) is 0 Å². The third-order valence-corrected chi connectivity index (χ3v) is 3.94. The molecule has 0 atom stereocenters. The van der Waals surface area contributed by atoms with E-state index in [1.807, 2.05) is 18.2 Å². The Hall–Kier alpha value is -2.82. The molecular formula is C19H21N3O2.